The summed E-state index contributed by atoms with van der Waals surface area (Å²) < 4.78 is 49.7. The van der Waals surface area contributed by atoms with Crippen LogP contribution in [-0.4, -0.2) is 66.9 Å². The summed E-state index contributed by atoms with van der Waals surface area (Å²) in [5.74, 6) is -1.65. The molecule has 4 saturated heterocycles. The normalized spacial score (nSPS) is 39.1. The molecule has 0 N–H and O–H groups in total. The fourth-order valence-corrected chi connectivity index (χ4v) is 5.54. The van der Waals surface area contributed by atoms with E-state index >= 15 is 0 Å². The molecule has 0 bridgehead atoms. The Kier molecular flexibility index (Phi) is 7.35. The van der Waals surface area contributed by atoms with Crippen molar-refractivity contribution >= 4 is 0 Å². The second-order valence-electron chi connectivity index (χ2n) is 10.7. The molecular weight excluding hydrogens is 482 g/mol. The SMILES string of the molecule is C=CC[C@@]1(OCc2ccccc2)[C@@H](CO[C@@H]2[C@H]3OC(C)(C)O[C@H]3O[C@@H]2CC#[N+][O-])O[C@@H]2OC(C)(C)O[C@@H]21. The van der Waals surface area contributed by atoms with Gasteiger partial charge in [-0.15, -0.1) is 6.58 Å². The highest BCUT2D eigenvalue weighted by Crippen LogP contribution is 2.48. The molecule has 1 aromatic carbocycles. The molecule has 0 amide bonds. The minimum Gasteiger partial charge on any atom is -0.498 e. The summed E-state index contributed by atoms with van der Waals surface area (Å²) in [5, 5.41) is 13.4. The van der Waals surface area contributed by atoms with Crippen molar-refractivity contribution in [2.45, 2.75) is 107 Å². The number of hydrogen-bond donors (Lipinski definition) is 0. The van der Waals surface area contributed by atoms with Crippen LogP contribution in [0.2, 0.25) is 0 Å². The third-order valence-electron chi connectivity index (χ3n) is 7.08. The van der Waals surface area contributed by atoms with Gasteiger partial charge in [0.2, 0.25) is 0 Å². The zero-order valence-corrected chi connectivity index (χ0v) is 21.7. The highest BCUT2D eigenvalue weighted by Gasteiger charge is 2.64. The van der Waals surface area contributed by atoms with Crippen molar-refractivity contribution in [3.8, 4) is 6.07 Å². The fraction of sp³-hybridized carbons (Fsp3) is 0.667. The van der Waals surface area contributed by atoms with Crippen LogP contribution in [0.4, 0.5) is 0 Å². The Labute approximate surface area is 217 Å². The summed E-state index contributed by atoms with van der Waals surface area (Å²) in [5.41, 5.74) is 0.102. The Bertz CT molecular complexity index is 1020. The van der Waals surface area contributed by atoms with Crippen molar-refractivity contribution in [1.82, 2.24) is 0 Å². The fourth-order valence-electron chi connectivity index (χ4n) is 5.54. The van der Waals surface area contributed by atoms with Gasteiger partial charge in [0.05, 0.1) is 13.2 Å². The first-order valence-electron chi connectivity index (χ1n) is 12.6. The maximum absolute atomic E-state index is 10.7. The number of hydrogen-bond acceptors (Lipinski definition) is 9. The van der Waals surface area contributed by atoms with Crippen LogP contribution in [0.15, 0.2) is 43.0 Å². The quantitative estimate of drug-likeness (QED) is 0.357. The molecule has 4 fully saturated rings. The minimum atomic E-state index is -0.917. The van der Waals surface area contributed by atoms with Gasteiger partial charge in [-0.3, -0.25) is 0 Å². The van der Waals surface area contributed by atoms with Gasteiger partial charge in [0.1, 0.15) is 42.5 Å². The maximum Gasteiger partial charge on any atom is 0.301 e. The zero-order chi connectivity index (χ0) is 26.3. The monoisotopic (exact) mass is 517 g/mol. The van der Waals surface area contributed by atoms with Crippen molar-refractivity contribution in [3.63, 3.8) is 0 Å². The minimum absolute atomic E-state index is 0.134. The number of rotatable bonds is 9. The van der Waals surface area contributed by atoms with E-state index in [0.717, 1.165) is 5.56 Å². The van der Waals surface area contributed by atoms with E-state index in [2.05, 4.69) is 17.7 Å². The van der Waals surface area contributed by atoms with E-state index in [1.165, 1.54) is 0 Å². The molecule has 0 aromatic heterocycles. The molecule has 10 heteroatoms. The first-order valence-corrected chi connectivity index (χ1v) is 12.6. The van der Waals surface area contributed by atoms with Crippen LogP contribution in [0.25, 0.3) is 5.01 Å². The lowest BCUT2D eigenvalue weighted by molar-refractivity contribution is -0.251. The van der Waals surface area contributed by atoms with E-state index in [9.17, 15) is 5.21 Å². The van der Waals surface area contributed by atoms with Crippen molar-refractivity contribution in [2.24, 2.45) is 0 Å². The Balaban J connectivity index is 1.37. The molecule has 10 nitrogen and oxygen atoms in total. The van der Waals surface area contributed by atoms with E-state index in [0.29, 0.717) is 13.0 Å². The lowest BCUT2D eigenvalue weighted by atomic mass is 9.88. The third kappa shape index (κ3) is 5.28. The summed E-state index contributed by atoms with van der Waals surface area (Å²) in [7, 11) is 0. The van der Waals surface area contributed by atoms with Gasteiger partial charge in [0.15, 0.2) is 24.2 Å². The lowest BCUT2D eigenvalue weighted by Gasteiger charge is -2.38. The smallest absolute Gasteiger partial charge is 0.301 e. The van der Waals surface area contributed by atoms with E-state index in [4.69, 9.17) is 37.9 Å². The van der Waals surface area contributed by atoms with Gasteiger partial charge in [-0.2, -0.15) is 0 Å². The Morgan fingerprint density at radius 1 is 1.03 bits per heavy atom. The van der Waals surface area contributed by atoms with Crippen LogP contribution >= 0.6 is 0 Å². The molecule has 0 saturated carbocycles. The predicted octanol–water partition coefficient (Wildman–Crippen LogP) is 3.88. The van der Waals surface area contributed by atoms with Gasteiger partial charge in [-0.1, -0.05) is 36.4 Å². The summed E-state index contributed by atoms with van der Waals surface area (Å²) in [6.45, 7) is 11.8. The van der Waals surface area contributed by atoms with Crippen molar-refractivity contribution in [2.75, 3.05) is 6.61 Å². The van der Waals surface area contributed by atoms with Crippen LogP contribution in [0, 0.1) is 11.3 Å². The number of fused-ring (bicyclic) bond motifs is 2. The van der Waals surface area contributed by atoms with Gasteiger partial charge in [-0.05, 0) is 39.7 Å². The highest BCUT2D eigenvalue weighted by atomic mass is 16.9. The average Bonchev–Trinajstić information content (AvgIpc) is 3.51. The standard InChI is InChI=1S/C27H35NO9/c1-6-13-27(31-15-17-10-8-7-9-11-17)19(33-24-22(27)35-26(4,5)37-24)16-30-20-18(12-14-28-29)32-23-21(20)34-25(2,3)36-23/h6-11,18-24H,1,12-13,15-16H2,2-5H3/t18-,19-,20+,21-,22+,23-,24-,27-/m1/s1. The maximum atomic E-state index is 10.7. The second-order valence-corrected chi connectivity index (χ2v) is 10.7. The van der Waals surface area contributed by atoms with Crippen LogP contribution in [0.1, 0.15) is 46.1 Å². The zero-order valence-electron chi connectivity index (χ0n) is 21.7. The molecule has 1 aromatic rings. The molecule has 0 radical (unpaired) electrons. The predicted molar refractivity (Wildman–Crippen MR) is 131 cm³/mol. The van der Waals surface area contributed by atoms with Gasteiger partial charge < -0.3 is 43.1 Å². The third-order valence-corrected chi connectivity index (χ3v) is 7.08. The number of nitrogens with zero attached hydrogens (tertiary/aromatic N) is 1. The summed E-state index contributed by atoms with van der Waals surface area (Å²) >= 11 is 0. The lowest BCUT2D eigenvalue weighted by Crippen LogP contribution is -2.53. The Morgan fingerprint density at radius 3 is 2.49 bits per heavy atom. The van der Waals surface area contributed by atoms with E-state index in [-0.39, 0.29) is 13.0 Å². The van der Waals surface area contributed by atoms with Gasteiger partial charge >= 0.3 is 6.07 Å². The molecule has 0 spiro atoms. The molecule has 0 unspecified atom stereocenters. The van der Waals surface area contributed by atoms with E-state index in [1.807, 2.05) is 58.0 Å². The first kappa shape index (κ1) is 26.5. The van der Waals surface area contributed by atoms with Crippen molar-refractivity contribution in [3.05, 3.63) is 58.8 Å². The van der Waals surface area contributed by atoms with Crippen LogP contribution in [0.5, 0.6) is 0 Å². The molecule has 4 aliphatic rings. The van der Waals surface area contributed by atoms with Crippen LogP contribution in [0.3, 0.4) is 0 Å². The molecular formula is C27H35NO9. The Hall–Kier alpha value is -2.07. The molecule has 4 aliphatic heterocycles. The highest BCUT2D eigenvalue weighted by molar-refractivity contribution is 5.15. The molecule has 0 aliphatic carbocycles. The summed E-state index contributed by atoms with van der Waals surface area (Å²) in [6, 6.07) is 12.3. The van der Waals surface area contributed by atoms with Crippen molar-refractivity contribution < 1.29 is 37.9 Å². The molecule has 5 rings (SSSR count). The van der Waals surface area contributed by atoms with Crippen molar-refractivity contribution in [1.29, 1.82) is 0 Å². The number of ether oxygens (including phenoxy) is 8. The largest absolute Gasteiger partial charge is 0.498 e. The van der Waals surface area contributed by atoms with Gasteiger partial charge in [0, 0.05) is 5.01 Å². The van der Waals surface area contributed by atoms with E-state index < -0.39 is 60.3 Å². The molecule has 37 heavy (non-hydrogen) atoms. The molecule has 4 heterocycles. The summed E-state index contributed by atoms with van der Waals surface area (Å²) in [6.07, 6.45) is -1.45. The Morgan fingerprint density at radius 2 is 1.76 bits per heavy atom. The molecule has 202 valence electrons. The number of benzene rings is 1. The summed E-state index contributed by atoms with van der Waals surface area (Å²) in [4.78, 5) is 0. The van der Waals surface area contributed by atoms with Crippen LogP contribution < -0.4 is 0 Å². The average molecular weight is 518 g/mol. The van der Waals surface area contributed by atoms with E-state index in [1.54, 1.807) is 6.08 Å². The van der Waals surface area contributed by atoms with Crippen LogP contribution in [-0.2, 0) is 44.5 Å². The molecule has 8 atom stereocenters. The van der Waals surface area contributed by atoms with Gasteiger partial charge in [0.25, 0.3) is 0 Å². The topological polar surface area (TPSA) is 101 Å². The van der Waals surface area contributed by atoms with Gasteiger partial charge in [-0.25, -0.2) is 0 Å². The first-order chi connectivity index (χ1) is 17.7. The second kappa shape index (κ2) is 10.2.